The summed E-state index contributed by atoms with van der Waals surface area (Å²) in [5.41, 5.74) is 8.85. The molecule has 0 N–H and O–H groups in total. The fraction of sp³-hybridized carbons (Fsp3) is 0.0769. The van der Waals surface area contributed by atoms with E-state index in [1.165, 1.54) is 11.1 Å². The SMILES string of the molecule is CCc1nn2c(-c3ccc(-c4ccccc4)cc3)ccnc2c1-c1ccccc1. The number of aromatic nitrogens is 3. The first kappa shape index (κ1) is 17.4. The normalized spacial score (nSPS) is 11.1. The average molecular weight is 375 g/mol. The van der Waals surface area contributed by atoms with Crippen molar-refractivity contribution < 1.29 is 0 Å². The van der Waals surface area contributed by atoms with Gasteiger partial charge in [0, 0.05) is 17.3 Å². The number of aryl methyl sites for hydroxylation is 1. The molecule has 0 atom stereocenters. The predicted octanol–water partition coefficient (Wildman–Crippen LogP) is 6.29. The Labute approximate surface area is 170 Å². The Hall–Kier alpha value is -3.72. The van der Waals surface area contributed by atoms with E-state index >= 15 is 0 Å². The number of fused-ring (bicyclic) bond motifs is 1. The van der Waals surface area contributed by atoms with E-state index in [-0.39, 0.29) is 0 Å². The van der Waals surface area contributed by atoms with E-state index in [0.717, 1.165) is 40.1 Å². The van der Waals surface area contributed by atoms with E-state index in [1.54, 1.807) is 0 Å². The summed E-state index contributed by atoms with van der Waals surface area (Å²) >= 11 is 0. The lowest BCUT2D eigenvalue weighted by Crippen LogP contribution is -1.96. The van der Waals surface area contributed by atoms with Crippen molar-refractivity contribution in [3.05, 3.63) is 103 Å². The van der Waals surface area contributed by atoms with Crippen LogP contribution in [0.3, 0.4) is 0 Å². The fourth-order valence-corrected chi connectivity index (χ4v) is 3.82. The molecule has 0 aliphatic heterocycles. The van der Waals surface area contributed by atoms with Gasteiger partial charge in [0.1, 0.15) is 0 Å². The van der Waals surface area contributed by atoms with Gasteiger partial charge in [0.25, 0.3) is 0 Å². The first-order chi connectivity index (χ1) is 14.3. The van der Waals surface area contributed by atoms with Gasteiger partial charge in [0.05, 0.1) is 11.4 Å². The Balaban J connectivity index is 1.64. The smallest absolute Gasteiger partial charge is 0.163 e. The second-order valence-electron chi connectivity index (χ2n) is 7.05. The third kappa shape index (κ3) is 3.11. The molecule has 0 aliphatic rings. The van der Waals surface area contributed by atoms with Crippen molar-refractivity contribution in [3.63, 3.8) is 0 Å². The molecule has 29 heavy (non-hydrogen) atoms. The van der Waals surface area contributed by atoms with E-state index in [2.05, 4.69) is 84.7 Å². The number of hydrogen-bond acceptors (Lipinski definition) is 2. The van der Waals surface area contributed by atoms with E-state index in [9.17, 15) is 0 Å². The summed E-state index contributed by atoms with van der Waals surface area (Å²) < 4.78 is 1.98. The topological polar surface area (TPSA) is 30.2 Å². The molecule has 3 nitrogen and oxygen atoms in total. The van der Waals surface area contributed by atoms with Crippen LogP contribution in [0.15, 0.2) is 97.2 Å². The van der Waals surface area contributed by atoms with Gasteiger partial charge in [-0.15, -0.1) is 0 Å². The summed E-state index contributed by atoms with van der Waals surface area (Å²) in [6.07, 6.45) is 2.74. The van der Waals surface area contributed by atoms with Gasteiger partial charge < -0.3 is 0 Å². The van der Waals surface area contributed by atoms with Crippen LogP contribution in [0.2, 0.25) is 0 Å². The quantitative estimate of drug-likeness (QED) is 0.369. The van der Waals surface area contributed by atoms with E-state index < -0.39 is 0 Å². The van der Waals surface area contributed by atoms with Gasteiger partial charge in [-0.05, 0) is 29.2 Å². The van der Waals surface area contributed by atoms with E-state index in [0.29, 0.717) is 0 Å². The van der Waals surface area contributed by atoms with Crippen molar-refractivity contribution >= 4 is 5.65 Å². The molecule has 0 spiro atoms. The largest absolute Gasteiger partial charge is 0.236 e. The highest BCUT2D eigenvalue weighted by Crippen LogP contribution is 2.31. The minimum atomic E-state index is 0.861. The Kier molecular flexibility index (Phi) is 4.41. The molecule has 0 amide bonds. The minimum Gasteiger partial charge on any atom is -0.236 e. The summed E-state index contributed by atoms with van der Waals surface area (Å²) in [6, 6.07) is 31.5. The maximum Gasteiger partial charge on any atom is 0.163 e. The Morgan fingerprint density at radius 3 is 1.90 bits per heavy atom. The van der Waals surface area contributed by atoms with Crippen molar-refractivity contribution in [3.8, 4) is 33.5 Å². The summed E-state index contributed by atoms with van der Waals surface area (Å²) in [6.45, 7) is 2.14. The van der Waals surface area contributed by atoms with Crippen molar-refractivity contribution in [2.24, 2.45) is 0 Å². The molecule has 0 aliphatic carbocycles. The average Bonchev–Trinajstić information content (AvgIpc) is 3.19. The highest BCUT2D eigenvalue weighted by atomic mass is 15.3. The molecular weight excluding hydrogens is 354 g/mol. The maximum atomic E-state index is 4.92. The fourth-order valence-electron chi connectivity index (χ4n) is 3.82. The standard InChI is InChI=1S/C26H21N3/c1-2-23-25(22-11-7-4-8-12-22)26-27-18-17-24(29(26)28-23)21-15-13-20(14-16-21)19-9-5-3-6-10-19/h3-18H,2H2,1H3. The zero-order valence-electron chi connectivity index (χ0n) is 16.3. The van der Waals surface area contributed by atoms with Crippen LogP contribution in [0.5, 0.6) is 0 Å². The Bertz CT molecular complexity index is 1250. The molecule has 0 radical (unpaired) electrons. The van der Waals surface area contributed by atoms with Crippen LogP contribution in [-0.4, -0.2) is 14.6 Å². The molecule has 3 aromatic carbocycles. The van der Waals surface area contributed by atoms with E-state index in [4.69, 9.17) is 5.10 Å². The van der Waals surface area contributed by atoms with Crippen LogP contribution >= 0.6 is 0 Å². The summed E-state index contributed by atoms with van der Waals surface area (Å²) in [5, 5.41) is 4.92. The molecule has 2 aromatic heterocycles. The first-order valence-corrected chi connectivity index (χ1v) is 9.93. The number of nitrogens with zero attached hydrogens (tertiary/aromatic N) is 3. The van der Waals surface area contributed by atoms with Crippen molar-refractivity contribution in [2.45, 2.75) is 13.3 Å². The van der Waals surface area contributed by atoms with E-state index in [1.807, 2.05) is 28.9 Å². The second-order valence-corrected chi connectivity index (χ2v) is 7.05. The highest BCUT2D eigenvalue weighted by Gasteiger charge is 2.17. The van der Waals surface area contributed by atoms with Crippen molar-refractivity contribution in [1.29, 1.82) is 0 Å². The number of hydrogen-bond donors (Lipinski definition) is 0. The van der Waals surface area contributed by atoms with Crippen LogP contribution in [0.4, 0.5) is 0 Å². The van der Waals surface area contributed by atoms with Gasteiger partial charge in [-0.25, -0.2) is 9.50 Å². The maximum absolute atomic E-state index is 4.92. The molecule has 140 valence electrons. The van der Waals surface area contributed by atoms with Gasteiger partial charge in [-0.2, -0.15) is 5.10 Å². The van der Waals surface area contributed by atoms with Gasteiger partial charge in [0.2, 0.25) is 0 Å². The molecule has 5 aromatic rings. The third-order valence-electron chi connectivity index (χ3n) is 5.28. The molecule has 0 bridgehead atoms. The molecule has 3 heteroatoms. The van der Waals surface area contributed by atoms with Gasteiger partial charge in [-0.3, -0.25) is 0 Å². The molecule has 0 fully saturated rings. The molecule has 5 rings (SSSR count). The van der Waals surface area contributed by atoms with Crippen molar-refractivity contribution in [1.82, 2.24) is 14.6 Å². The van der Waals surface area contributed by atoms with Gasteiger partial charge in [0.15, 0.2) is 5.65 Å². The van der Waals surface area contributed by atoms with Crippen molar-refractivity contribution in [2.75, 3.05) is 0 Å². The summed E-state index contributed by atoms with van der Waals surface area (Å²) in [7, 11) is 0. The zero-order valence-corrected chi connectivity index (χ0v) is 16.3. The molecule has 0 saturated carbocycles. The monoisotopic (exact) mass is 375 g/mol. The lowest BCUT2D eigenvalue weighted by molar-refractivity contribution is 0.894. The van der Waals surface area contributed by atoms with Crippen LogP contribution in [0, 0.1) is 0 Å². The minimum absolute atomic E-state index is 0.861. The predicted molar refractivity (Wildman–Crippen MR) is 119 cm³/mol. The zero-order chi connectivity index (χ0) is 19.6. The Morgan fingerprint density at radius 1 is 0.655 bits per heavy atom. The van der Waals surface area contributed by atoms with Crippen LogP contribution in [-0.2, 0) is 6.42 Å². The summed E-state index contributed by atoms with van der Waals surface area (Å²) in [4.78, 5) is 4.68. The summed E-state index contributed by atoms with van der Waals surface area (Å²) in [5.74, 6) is 0. The third-order valence-corrected chi connectivity index (χ3v) is 5.28. The van der Waals surface area contributed by atoms with Crippen LogP contribution in [0.1, 0.15) is 12.6 Å². The number of rotatable bonds is 4. The second kappa shape index (κ2) is 7.36. The van der Waals surface area contributed by atoms with Crippen LogP contribution in [0.25, 0.3) is 39.2 Å². The van der Waals surface area contributed by atoms with Gasteiger partial charge >= 0.3 is 0 Å². The van der Waals surface area contributed by atoms with Crippen LogP contribution < -0.4 is 0 Å². The lowest BCUT2D eigenvalue weighted by atomic mass is 10.0. The first-order valence-electron chi connectivity index (χ1n) is 9.93. The molecular formula is C26H21N3. The Morgan fingerprint density at radius 2 is 1.24 bits per heavy atom. The molecule has 0 unspecified atom stereocenters. The number of benzene rings is 3. The molecule has 0 saturated heterocycles. The highest BCUT2D eigenvalue weighted by molar-refractivity contribution is 5.82. The van der Waals surface area contributed by atoms with Gasteiger partial charge in [-0.1, -0.05) is 91.9 Å². The lowest BCUT2D eigenvalue weighted by Gasteiger charge is -2.07. The molecule has 2 heterocycles.